The summed E-state index contributed by atoms with van der Waals surface area (Å²) in [6.07, 6.45) is 0. The second-order valence-electron chi connectivity index (χ2n) is 3.92. The molecule has 2 rings (SSSR count). The first-order chi connectivity index (χ1) is 8.19. The predicted molar refractivity (Wildman–Crippen MR) is 73.2 cm³/mol. The first-order valence-electron chi connectivity index (χ1n) is 5.91. The molecular weight excluding hydrogens is 253 g/mol. The molecule has 0 aromatic heterocycles. The fourth-order valence-corrected chi connectivity index (χ4v) is 4.62. The van der Waals surface area contributed by atoms with Crippen molar-refractivity contribution in [3.05, 3.63) is 35.4 Å². The van der Waals surface area contributed by atoms with Gasteiger partial charge >= 0.3 is 0 Å². The molecular formula is C12H18NO2PS. The molecule has 1 aliphatic heterocycles. The summed E-state index contributed by atoms with van der Waals surface area (Å²) in [4.78, 5) is 0. The lowest BCUT2D eigenvalue weighted by molar-refractivity contribution is 0.207. The van der Waals surface area contributed by atoms with Crippen LogP contribution in [-0.4, -0.2) is 17.8 Å². The molecule has 1 aromatic rings. The number of rotatable bonds is 3. The van der Waals surface area contributed by atoms with Crippen LogP contribution in [0.2, 0.25) is 0 Å². The SMILES string of the molecule is CCN(CC)P1(=S)OCc2ccccc2CO1. The van der Waals surface area contributed by atoms with Gasteiger partial charge in [0.2, 0.25) is 0 Å². The molecule has 1 heterocycles. The molecule has 0 amide bonds. The maximum Gasteiger partial charge on any atom is 0.264 e. The van der Waals surface area contributed by atoms with E-state index in [0.29, 0.717) is 13.2 Å². The van der Waals surface area contributed by atoms with E-state index in [-0.39, 0.29) is 0 Å². The minimum atomic E-state index is -2.28. The average Bonchev–Trinajstić information content (AvgIpc) is 2.52. The summed E-state index contributed by atoms with van der Waals surface area (Å²) < 4.78 is 13.9. The van der Waals surface area contributed by atoms with E-state index in [0.717, 1.165) is 13.1 Å². The van der Waals surface area contributed by atoms with Crippen molar-refractivity contribution in [1.82, 2.24) is 4.67 Å². The average molecular weight is 271 g/mol. The van der Waals surface area contributed by atoms with E-state index < -0.39 is 6.64 Å². The molecule has 0 aliphatic carbocycles. The van der Waals surface area contributed by atoms with Crippen LogP contribution < -0.4 is 0 Å². The largest absolute Gasteiger partial charge is 0.313 e. The van der Waals surface area contributed by atoms with Crippen LogP contribution in [0.3, 0.4) is 0 Å². The molecule has 0 unspecified atom stereocenters. The third-order valence-electron chi connectivity index (χ3n) is 2.96. The normalized spacial score (nSPS) is 18.8. The monoisotopic (exact) mass is 271 g/mol. The van der Waals surface area contributed by atoms with Gasteiger partial charge in [0.05, 0.1) is 13.2 Å². The molecule has 0 atom stereocenters. The topological polar surface area (TPSA) is 21.7 Å². The van der Waals surface area contributed by atoms with Crippen LogP contribution >= 0.6 is 6.64 Å². The van der Waals surface area contributed by atoms with Crippen molar-refractivity contribution in [2.45, 2.75) is 27.1 Å². The van der Waals surface area contributed by atoms with Gasteiger partial charge in [0.1, 0.15) is 0 Å². The summed E-state index contributed by atoms with van der Waals surface area (Å²) in [5.41, 5.74) is 2.37. The van der Waals surface area contributed by atoms with Gasteiger partial charge in [0, 0.05) is 13.1 Å². The number of hydrogen-bond acceptors (Lipinski definition) is 3. The Morgan fingerprint density at radius 2 is 1.59 bits per heavy atom. The van der Waals surface area contributed by atoms with Gasteiger partial charge in [-0.2, -0.15) is 0 Å². The van der Waals surface area contributed by atoms with Gasteiger partial charge in [0.25, 0.3) is 6.64 Å². The zero-order valence-electron chi connectivity index (χ0n) is 10.3. The molecule has 0 bridgehead atoms. The molecule has 0 N–H and O–H groups in total. The summed E-state index contributed by atoms with van der Waals surface area (Å²) in [7, 11) is 0. The van der Waals surface area contributed by atoms with E-state index in [4.69, 9.17) is 20.9 Å². The highest BCUT2D eigenvalue weighted by atomic mass is 32.5. The van der Waals surface area contributed by atoms with E-state index in [9.17, 15) is 0 Å². The molecule has 5 heteroatoms. The summed E-state index contributed by atoms with van der Waals surface area (Å²) in [5, 5.41) is 0. The van der Waals surface area contributed by atoms with E-state index in [1.54, 1.807) is 0 Å². The molecule has 1 aromatic carbocycles. The van der Waals surface area contributed by atoms with Crippen molar-refractivity contribution in [1.29, 1.82) is 0 Å². The number of benzene rings is 1. The molecule has 1 aliphatic rings. The summed E-state index contributed by atoms with van der Waals surface area (Å²) in [6, 6.07) is 8.20. The van der Waals surface area contributed by atoms with Gasteiger partial charge in [-0.15, -0.1) is 0 Å². The van der Waals surface area contributed by atoms with Crippen molar-refractivity contribution < 1.29 is 9.05 Å². The van der Waals surface area contributed by atoms with Crippen LogP contribution in [0.25, 0.3) is 0 Å². The summed E-state index contributed by atoms with van der Waals surface area (Å²) in [6.45, 7) is 4.74. The molecule has 0 radical (unpaired) electrons. The molecule has 94 valence electrons. The Labute approximate surface area is 108 Å². The molecule has 0 saturated heterocycles. The highest BCUT2D eigenvalue weighted by Gasteiger charge is 2.29. The summed E-state index contributed by atoms with van der Waals surface area (Å²) >= 11 is 5.60. The third kappa shape index (κ3) is 2.78. The Hall–Kier alpha value is -0.250. The van der Waals surface area contributed by atoms with E-state index >= 15 is 0 Å². The molecule has 0 saturated carbocycles. The van der Waals surface area contributed by atoms with Gasteiger partial charge in [0.15, 0.2) is 0 Å². The second-order valence-corrected chi connectivity index (χ2v) is 7.33. The van der Waals surface area contributed by atoms with Crippen molar-refractivity contribution >= 4 is 18.4 Å². The predicted octanol–water partition coefficient (Wildman–Crippen LogP) is 3.30. The van der Waals surface area contributed by atoms with Gasteiger partial charge < -0.3 is 9.05 Å². The number of nitrogens with zero attached hydrogens (tertiary/aromatic N) is 1. The smallest absolute Gasteiger partial charge is 0.264 e. The van der Waals surface area contributed by atoms with Crippen molar-refractivity contribution in [3.63, 3.8) is 0 Å². The zero-order valence-corrected chi connectivity index (χ0v) is 12.0. The van der Waals surface area contributed by atoms with Crippen molar-refractivity contribution in [3.8, 4) is 0 Å². The van der Waals surface area contributed by atoms with E-state index in [1.807, 2.05) is 12.1 Å². The summed E-state index contributed by atoms with van der Waals surface area (Å²) in [5.74, 6) is 0. The first kappa shape index (κ1) is 13.2. The van der Waals surface area contributed by atoms with Gasteiger partial charge in [-0.1, -0.05) is 38.1 Å². The number of hydrogen-bond donors (Lipinski definition) is 0. The van der Waals surface area contributed by atoms with E-state index in [2.05, 4.69) is 30.7 Å². The molecule has 17 heavy (non-hydrogen) atoms. The van der Waals surface area contributed by atoms with Crippen LogP contribution in [-0.2, 0) is 34.1 Å². The minimum Gasteiger partial charge on any atom is -0.313 e. The van der Waals surface area contributed by atoms with Crippen LogP contribution in [0.5, 0.6) is 0 Å². The fraction of sp³-hybridized carbons (Fsp3) is 0.500. The minimum absolute atomic E-state index is 0.559. The standard InChI is InChI=1S/C12H18NO2PS/c1-3-13(4-2)16(17)14-9-11-7-5-6-8-12(11)10-15-16/h5-8H,3-4,9-10H2,1-2H3. The highest BCUT2D eigenvalue weighted by Crippen LogP contribution is 2.54. The molecule has 0 fully saturated rings. The fourth-order valence-electron chi connectivity index (χ4n) is 1.91. The molecule has 0 spiro atoms. The van der Waals surface area contributed by atoms with Crippen LogP contribution in [0, 0.1) is 0 Å². The number of fused-ring (bicyclic) bond motifs is 1. The Morgan fingerprint density at radius 3 is 2.00 bits per heavy atom. The lowest BCUT2D eigenvalue weighted by Crippen LogP contribution is -2.21. The van der Waals surface area contributed by atoms with Crippen LogP contribution in [0.4, 0.5) is 0 Å². The van der Waals surface area contributed by atoms with Crippen LogP contribution in [0.1, 0.15) is 25.0 Å². The Morgan fingerprint density at radius 1 is 1.12 bits per heavy atom. The lowest BCUT2D eigenvalue weighted by Gasteiger charge is -2.30. The Bertz CT molecular complexity index is 403. The zero-order chi connectivity index (χ0) is 12.3. The maximum atomic E-state index is 5.89. The highest BCUT2D eigenvalue weighted by molar-refractivity contribution is 8.08. The van der Waals surface area contributed by atoms with Gasteiger partial charge in [-0.3, -0.25) is 0 Å². The van der Waals surface area contributed by atoms with E-state index in [1.165, 1.54) is 11.1 Å². The first-order valence-corrected chi connectivity index (χ1v) is 8.50. The quantitative estimate of drug-likeness (QED) is 0.786. The molecule has 3 nitrogen and oxygen atoms in total. The lowest BCUT2D eigenvalue weighted by atomic mass is 10.1. The third-order valence-corrected chi connectivity index (χ3v) is 6.46. The Balaban J connectivity index is 2.21. The second kappa shape index (κ2) is 5.59. The Kier molecular flexibility index (Phi) is 4.34. The van der Waals surface area contributed by atoms with Gasteiger partial charge in [-0.05, 0) is 22.9 Å². The van der Waals surface area contributed by atoms with Crippen LogP contribution in [0.15, 0.2) is 24.3 Å². The van der Waals surface area contributed by atoms with Crippen molar-refractivity contribution in [2.24, 2.45) is 0 Å². The van der Waals surface area contributed by atoms with Gasteiger partial charge in [-0.25, -0.2) is 4.67 Å². The van der Waals surface area contributed by atoms with Crippen molar-refractivity contribution in [2.75, 3.05) is 13.1 Å². The maximum absolute atomic E-state index is 5.89.